The molecule has 122 valence electrons. The Morgan fingerprint density at radius 2 is 1.20 bits per heavy atom. The number of phenolic OH excluding ortho intramolecular Hbond substituents is 1. The van der Waals surface area contributed by atoms with E-state index in [1.165, 1.54) is 0 Å². The smallest absolute Gasteiger partial charge is 0.266 e. The summed E-state index contributed by atoms with van der Waals surface area (Å²) in [5, 5.41) is 10.2. The second-order valence-corrected chi connectivity index (χ2v) is 6.50. The summed E-state index contributed by atoms with van der Waals surface area (Å²) < 4.78 is 0.600. The summed E-state index contributed by atoms with van der Waals surface area (Å²) in [6.45, 7) is 0. The molecule has 1 heterocycles. The van der Waals surface area contributed by atoms with E-state index in [-0.39, 0.29) is 17.6 Å². The molecule has 0 spiro atoms. The molecular formula is C20H12BrNO3. The van der Waals surface area contributed by atoms with E-state index in [2.05, 4.69) is 15.9 Å². The van der Waals surface area contributed by atoms with Gasteiger partial charge >= 0.3 is 0 Å². The maximum atomic E-state index is 12.9. The number of rotatable bonds is 2. The fraction of sp³-hybridized carbons (Fsp3) is 0. The molecule has 5 heteroatoms. The number of amides is 2. The summed E-state index contributed by atoms with van der Waals surface area (Å²) in [7, 11) is 0. The van der Waals surface area contributed by atoms with Crippen LogP contribution in [0, 0.1) is 0 Å². The normalized spacial score (nSPS) is 13.2. The quantitative estimate of drug-likeness (QED) is 0.646. The SMILES string of the molecule is O=C1c2ccccc2C(=O)N1c1c(Br)cccc1-c1ccccc1O. The number of imide groups is 1. The van der Waals surface area contributed by atoms with Crippen LogP contribution in [0.3, 0.4) is 0 Å². The fourth-order valence-corrected chi connectivity index (χ4v) is 3.60. The number of fused-ring (bicyclic) bond motifs is 1. The first-order chi connectivity index (χ1) is 12.1. The highest BCUT2D eigenvalue weighted by Crippen LogP contribution is 2.43. The number of nitrogens with zero attached hydrogens (tertiary/aromatic N) is 1. The van der Waals surface area contributed by atoms with Gasteiger partial charge in [0, 0.05) is 15.6 Å². The summed E-state index contributed by atoms with van der Waals surface area (Å²) in [6.07, 6.45) is 0. The van der Waals surface area contributed by atoms with Gasteiger partial charge in [-0.1, -0.05) is 42.5 Å². The number of phenols is 1. The van der Waals surface area contributed by atoms with E-state index in [0.717, 1.165) is 4.90 Å². The highest BCUT2D eigenvalue weighted by molar-refractivity contribution is 9.10. The highest BCUT2D eigenvalue weighted by atomic mass is 79.9. The average molecular weight is 394 g/mol. The topological polar surface area (TPSA) is 57.6 Å². The Bertz CT molecular complexity index is 994. The van der Waals surface area contributed by atoms with Crippen molar-refractivity contribution < 1.29 is 14.7 Å². The molecule has 2 amide bonds. The minimum atomic E-state index is -0.371. The van der Waals surface area contributed by atoms with Crippen LogP contribution in [0.1, 0.15) is 20.7 Å². The minimum absolute atomic E-state index is 0.0819. The van der Waals surface area contributed by atoms with E-state index in [4.69, 9.17) is 0 Å². The maximum absolute atomic E-state index is 12.9. The standard InChI is InChI=1S/C20H12BrNO3/c21-16-10-5-9-13(12-6-3-4-11-17(12)23)18(16)22-19(24)14-7-1-2-8-15(14)20(22)25/h1-11,23H. The van der Waals surface area contributed by atoms with Crippen LogP contribution in [0.5, 0.6) is 5.75 Å². The molecule has 0 fully saturated rings. The predicted molar refractivity (Wildman–Crippen MR) is 98.8 cm³/mol. The van der Waals surface area contributed by atoms with E-state index in [1.807, 2.05) is 0 Å². The predicted octanol–water partition coefficient (Wildman–Crippen LogP) is 4.62. The number of carbonyl (C=O) groups is 2. The van der Waals surface area contributed by atoms with Crippen molar-refractivity contribution in [3.8, 4) is 16.9 Å². The van der Waals surface area contributed by atoms with Gasteiger partial charge in [0.05, 0.1) is 16.8 Å². The Balaban J connectivity index is 1.95. The number of aromatic hydroxyl groups is 1. The lowest BCUT2D eigenvalue weighted by atomic mass is 10.0. The van der Waals surface area contributed by atoms with Gasteiger partial charge in [0.25, 0.3) is 11.8 Å². The minimum Gasteiger partial charge on any atom is -0.507 e. The first-order valence-electron chi connectivity index (χ1n) is 7.64. The van der Waals surface area contributed by atoms with Crippen molar-refractivity contribution in [3.05, 3.63) is 82.3 Å². The van der Waals surface area contributed by atoms with Crippen molar-refractivity contribution in [1.82, 2.24) is 0 Å². The molecule has 0 aliphatic carbocycles. The number of benzene rings is 3. The Labute approximate surface area is 152 Å². The monoisotopic (exact) mass is 393 g/mol. The molecule has 4 rings (SSSR count). The summed E-state index contributed by atoms with van der Waals surface area (Å²) in [4.78, 5) is 26.9. The van der Waals surface area contributed by atoms with E-state index < -0.39 is 0 Å². The number of carbonyl (C=O) groups excluding carboxylic acids is 2. The molecule has 0 bridgehead atoms. The molecule has 0 aromatic heterocycles. The zero-order valence-electron chi connectivity index (χ0n) is 12.9. The first-order valence-corrected chi connectivity index (χ1v) is 8.43. The highest BCUT2D eigenvalue weighted by Gasteiger charge is 2.38. The Morgan fingerprint density at radius 1 is 0.680 bits per heavy atom. The first kappa shape index (κ1) is 15.6. The molecule has 0 radical (unpaired) electrons. The molecule has 25 heavy (non-hydrogen) atoms. The van der Waals surface area contributed by atoms with Gasteiger partial charge in [-0.2, -0.15) is 0 Å². The van der Waals surface area contributed by atoms with Crippen LogP contribution in [-0.4, -0.2) is 16.9 Å². The second kappa shape index (κ2) is 5.86. The molecule has 1 aliphatic heterocycles. The lowest BCUT2D eigenvalue weighted by Gasteiger charge is -2.20. The molecule has 0 saturated heterocycles. The third kappa shape index (κ3) is 2.36. The third-order valence-corrected chi connectivity index (χ3v) is 4.84. The van der Waals surface area contributed by atoms with Gasteiger partial charge in [0.15, 0.2) is 0 Å². The van der Waals surface area contributed by atoms with Gasteiger partial charge in [-0.25, -0.2) is 4.90 Å². The summed E-state index contributed by atoms with van der Waals surface area (Å²) in [5.74, 6) is -0.660. The Kier molecular flexibility index (Phi) is 3.66. The maximum Gasteiger partial charge on any atom is 0.266 e. The van der Waals surface area contributed by atoms with Crippen molar-refractivity contribution in [2.45, 2.75) is 0 Å². The van der Waals surface area contributed by atoms with Crippen LogP contribution in [-0.2, 0) is 0 Å². The van der Waals surface area contributed by atoms with Gasteiger partial charge in [0.1, 0.15) is 5.75 Å². The van der Waals surface area contributed by atoms with E-state index in [1.54, 1.807) is 66.7 Å². The fourth-order valence-electron chi connectivity index (χ4n) is 3.05. The number of anilines is 1. The number of hydrogen-bond donors (Lipinski definition) is 1. The van der Waals surface area contributed by atoms with Gasteiger partial charge in [-0.3, -0.25) is 9.59 Å². The van der Waals surface area contributed by atoms with Gasteiger partial charge in [0.2, 0.25) is 0 Å². The largest absolute Gasteiger partial charge is 0.507 e. The van der Waals surface area contributed by atoms with Crippen molar-refractivity contribution in [2.24, 2.45) is 0 Å². The molecule has 1 N–H and O–H groups in total. The average Bonchev–Trinajstić information content (AvgIpc) is 2.87. The molecule has 4 nitrogen and oxygen atoms in total. The molecule has 1 aliphatic rings. The number of halogens is 1. The van der Waals surface area contributed by atoms with Crippen LogP contribution < -0.4 is 4.90 Å². The molecule has 0 saturated carbocycles. The van der Waals surface area contributed by atoms with Crippen LogP contribution in [0.25, 0.3) is 11.1 Å². The van der Waals surface area contributed by atoms with Crippen LogP contribution in [0.2, 0.25) is 0 Å². The van der Waals surface area contributed by atoms with Gasteiger partial charge in [-0.15, -0.1) is 0 Å². The molecule has 3 aromatic carbocycles. The van der Waals surface area contributed by atoms with E-state index in [9.17, 15) is 14.7 Å². The Hall–Kier alpha value is -2.92. The zero-order valence-corrected chi connectivity index (χ0v) is 14.5. The van der Waals surface area contributed by atoms with E-state index >= 15 is 0 Å². The van der Waals surface area contributed by atoms with Crippen LogP contribution in [0.15, 0.2) is 71.2 Å². The summed E-state index contributed by atoms with van der Waals surface area (Å²) in [6, 6.07) is 18.9. The van der Waals surface area contributed by atoms with Crippen molar-refractivity contribution in [2.75, 3.05) is 4.90 Å². The number of hydrogen-bond acceptors (Lipinski definition) is 3. The molecule has 0 atom stereocenters. The molecule has 3 aromatic rings. The lowest BCUT2D eigenvalue weighted by molar-refractivity contribution is 0.0926. The van der Waals surface area contributed by atoms with Gasteiger partial charge in [-0.05, 0) is 40.2 Å². The second-order valence-electron chi connectivity index (χ2n) is 5.64. The van der Waals surface area contributed by atoms with Crippen LogP contribution in [0.4, 0.5) is 5.69 Å². The van der Waals surface area contributed by atoms with E-state index in [0.29, 0.717) is 32.4 Å². The summed E-state index contributed by atoms with van der Waals surface area (Å²) >= 11 is 3.45. The van der Waals surface area contributed by atoms with Gasteiger partial charge < -0.3 is 5.11 Å². The van der Waals surface area contributed by atoms with Crippen molar-refractivity contribution in [1.29, 1.82) is 0 Å². The van der Waals surface area contributed by atoms with Crippen LogP contribution >= 0.6 is 15.9 Å². The third-order valence-electron chi connectivity index (χ3n) is 4.20. The number of para-hydroxylation sites is 2. The Morgan fingerprint density at radius 3 is 1.80 bits per heavy atom. The summed E-state index contributed by atoms with van der Waals surface area (Å²) in [5.41, 5.74) is 2.34. The van der Waals surface area contributed by atoms with Crippen molar-refractivity contribution >= 4 is 33.4 Å². The zero-order chi connectivity index (χ0) is 17.6. The van der Waals surface area contributed by atoms with Crippen molar-refractivity contribution in [3.63, 3.8) is 0 Å². The lowest BCUT2D eigenvalue weighted by Crippen LogP contribution is -2.30. The molecule has 0 unspecified atom stereocenters. The molecular weight excluding hydrogens is 382 g/mol.